The van der Waals surface area contributed by atoms with E-state index in [2.05, 4.69) is 10.3 Å². The second kappa shape index (κ2) is 7.82. The van der Waals surface area contributed by atoms with E-state index in [1.54, 1.807) is 36.5 Å². The van der Waals surface area contributed by atoms with Crippen LogP contribution in [-0.4, -0.2) is 57.1 Å². The summed E-state index contributed by atoms with van der Waals surface area (Å²) < 4.78 is 0. The first kappa shape index (κ1) is 19.8. The van der Waals surface area contributed by atoms with E-state index in [0.29, 0.717) is 6.42 Å². The highest BCUT2D eigenvalue weighted by molar-refractivity contribution is 5.87. The lowest BCUT2D eigenvalue weighted by Gasteiger charge is -2.36. The summed E-state index contributed by atoms with van der Waals surface area (Å²) in [6.07, 6.45) is 3.73. The minimum atomic E-state index is -1.19. The van der Waals surface area contributed by atoms with Crippen LogP contribution in [0.1, 0.15) is 38.3 Å². The Bertz CT molecular complexity index is 679. The van der Waals surface area contributed by atoms with Gasteiger partial charge in [-0.1, -0.05) is 19.9 Å². The molecule has 3 N–H and O–H groups in total. The van der Waals surface area contributed by atoms with Crippen LogP contribution in [0.15, 0.2) is 24.5 Å². The van der Waals surface area contributed by atoms with Crippen molar-refractivity contribution in [3.63, 3.8) is 0 Å². The average Bonchev–Trinajstić information content (AvgIpc) is 2.87. The molecule has 8 heteroatoms. The Morgan fingerprint density at radius 3 is 2.58 bits per heavy atom. The average molecular weight is 363 g/mol. The van der Waals surface area contributed by atoms with Crippen LogP contribution < -0.4 is 5.32 Å². The summed E-state index contributed by atoms with van der Waals surface area (Å²) in [5, 5.41) is 21.2. The molecule has 1 aromatic rings. The molecule has 1 amide bonds. The lowest BCUT2D eigenvalue weighted by Crippen LogP contribution is -2.50. The molecular formula is C18H25N3O5. The summed E-state index contributed by atoms with van der Waals surface area (Å²) in [7, 11) is 1.71. The molecule has 8 nitrogen and oxygen atoms in total. The van der Waals surface area contributed by atoms with E-state index in [9.17, 15) is 19.5 Å². The molecule has 0 spiro atoms. The fraction of sp³-hybridized carbons (Fsp3) is 0.556. The summed E-state index contributed by atoms with van der Waals surface area (Å²) in [5.74, 6) is -3.15. The molecule has 3 atom stereocenters. The van der Waals surface area contributed by atoms with Gasteiger partial charge in [-0.15, -0.1) is 0 Å². The highest BCUT2D eigenvalue weighted by atomic mass is 16.4. The number of carboxylic acids is 2. The largest absolute Gasteiger partial charge is 0.480 e. The Kier molecular flexibility index (Phi) is 5.97. The summed E-state index contributed by atoms with van der Waals surface area (Å²) in [4.78, 5) is 41.5. The molecule has 2 heterocycles. The third kappa shape index (κ3) is 3.85. The van der Waals surface area contributed by atoms with Crippen molar-refractivity contribution in [2.45, 2.75) is 38.3 Å². The quantitative estimate of drug-likeness (QED) is 0.664. The maximum absolute atomic E-state index is 12.7. The SMILES string of the molecule is CC(C)C[C@]1(C(=O)O)C[C@@H](C(=O)NCC(=O)O)[C@@H](c2cccnc2)N1C. The number of carbonyl (C=O) groups is 3. The van der Waals surface area contributed by atoms with Crippen LogP contribution in [-0.2, 0) is 14.4 Å². The Morgan fingerprint density at radius 1 is 1.38 bits per heavy atom. The molecule has 0 saturated carbocycles. The van der Waals surface area contributed by atoms with E-state index >= 15 is 0 Å². The lowest BCUT2D eigenvalue weighted by molar-refractivity contribution is -0.151. The maximum Gasteiger partial charge on any atom is 0.324 e. The van der Waals surface area contributed by atoms with Crippen LogP contribution in [0.4, 0.5) is 0 Å². The van der Waals surface area contributed by atoms with Gasteiger partial charge in [-0.05, 0) is 37.4 Å². The first-order chi connectivity index (χ1) is 12.2. The van der Waals surface area contributed by atoms with E-state index in [0.717, 1.165) is 5.56 Å². The van der Waals surface area contributed by atoms with Gasteiger partial charge in [-0.3, -0.25) is 24.3 Å². The predicted molar refractivity (Wildman–Crippen MR) is 93.3 cm³/mol. The number of carbonyl (C=O) groups excluding carboxylic acids is 1. The Hall–Kier alpha value is -2.48. The lowest BCUT2D eigenvalue weighted by atomic mass is 9.83. The molecular weight excluding hydrogens is 338 g/mol. The number of nitrogens with zero attached hydrogens (tertiary/aromatic N) is 2. The van der Waals surface area contributed by atoms with Gasteiger partial charge in [0.2, 0.25) is 5.91 Å². The third-order valence-corrected chi connectivity index (χ3v) is 4.95. The minimum Gasteiger partial charge on any atom is -0.480 e. The normalized spacial score (nSPS) is 26.0. The zero-order valence-corrected chi connectivity index (χ0v) is 15.2. The summed E-state index contributed by atoms with van der Waals surface area (Å²) in [5.41, 5.74) is -0.461. The molecule has 26 heavy (non-hydrogen) atoms. The first-order valence-electron chi connectivity index (χ1n) is 8.55. The molecule has 0 aromatic carbocycles. The molecule has 1 aliphatic heterocycles. The second-order valence-electron chi connectivity index (χ2n) is 7.20. The molecule has 2 rings (SSSR count). The number of likely N-dealkylation sites (tertiary alicyclic amines) is 1. The molecule has 1 aliphatic rings. The first-order valence-corrected chi connectivity index (χ1v) is 8.55. The van der Waals surface area contributed by atoms with Crippen LogP contribution in [0.25, 0.3) is 0 Å². The van der Waals surface area contributed by atoms with Crippen LogP contribution >= 0.6 is 0 Å². The van der Waals surface area contributed by atoms with Crippen molar-refractivity contribution in [3.8, 4) is 0 Å². The number of carboxylic acid groups (broad SMARTS) is 2. The fourth-order valence-electron chi connectivity index (χ4n) is 3.92. The number of nitrogens with one attached hydrogen (secondary N) is 1. The van der Waals surface area contributed by atoms with Gasteiger partial charge in [0.05, 0.1) is 5.92 Å². The topological polar surface area (TPSA) is 120 Å². The monoisotopic (exact) mass is 363 g/mol. The number of hydrogen-bond donors (Lipinski definition) is 3. The third-order valence-electron chi connectivity index (χ3n) is 4.95. The van der Waals surface area contributed by atoms with Gasteiger partial charge in [0.1, 0.15) is 12.1 Å². The van der Waals surface area contributed by atoms with Gasteiger partial charge < -0.3 is 15.5 Å². The van der Waals surface area contributed by atoms with E-state index in [1.165, 1.54) is 0 Å². The van der Waals surface area contributed by atoms with Gasteiger partial charge in [-0.25, -0.2) is 0 Å². The van der Waals surface area contributed by atoms with E-state index < -0.39 is 41.9 Å². The summed E-state index contributed by atoms with van der Waals surface area (Å²) in [6.45, 7) is 3.38. The van der Waals surface area contributed by atoms with Crippen molar-refractivity contribution in [3.05, 3.63) is 30.1 Å². The molecule has 142 valence electrons. The zero-order chi connectivity index (χ0) is 19.5. The van der Waals surface area contributed by atoms with Crippen LogP contribution in [0.3, 0.4) is 0 Å². The van der Waals surface area contributed by atoms with Crippen LogP contribution in [0.5, 0.6) is 0 Å². The standard InChI is InChI=1S/C18H25N3O5/c1-11(2)7-18(17(25)26)8-13(16(24)20-10-14(22)23)15(21(18)3)12-5-4-6-19-9-12/h4-6,9,11,13,15H,7-8,10H2,1-3H3,(H,20,24)(H,22,23)(H,25,26)/t13-,15-,18-/m1/s1. The van der Waals surface area contributed by atoms with Crippen molar-refractivity contribution in [1.82, 2.24) is 15.2 Å². The number of hydrogen-bond acceptors (Lipinski definition) is 5. The maximum atomic E-state index is 12.7. The molecule has 1 fully saturated rings. The van der Waals surface area contributed by atoms with Crippen molar-refractivity contribution in [1.29, 1.82) is 0 Å². The Morgan fingerprint density at radius 2 is 2.08 bits per heavy atom. The van der Waals surface area contributed by atoms with Gasteiger partial charge in [-0.2, -0.15) is 0 Å². The predicted octanol–water partition coefficient (Wildman–Crippen LogP) is 1.14. The van der Waals surface area contributed by atoms with Crippen molar-refractivity contribution in [2.75, 3.05) is 13.6 Å². The van der Waals surface area contributed by atoms with Crippen LogP contribution in [0, 0.1) is 11.8 Å². The van der Waals surface area contributed by atoms with Gasteiger partial charge in [0.15, 0.2) is 0 Å². The molecule has 1 saturated heterocycles. The van der Waals surface area contributed by atoms with Gasteiger partial charge >= 0.3 is 11.9 Å². The fourth-order valence-corrected chi connectivity index (χ4v) is 3.92. The molecule has 1 aromatic heterocycles. The Balaban J connectivity index is 2.44. The van der Waals surface area contributed by atoms with E-state index in [1.807, 2.05) is 13.8 Å². The minimum absolute atomic E-state index is 0.113. The number of likely N-dealkylation sites (N-methyl/N-ethyl adjacent to an activating group) is 1. The van der Waals surface area contributed by atoms with Crippen molar-refractivity contribution < 1.29 is 24.6 Å². The number of aliphatic carboxylic acids is 2. The van der Waals surface area contributed by atoms with E-state index in [-0.39, 0.29) is 12.3 Å². The Labute approximate surface area is 152 Å². The zero-order valence-electron chi connectivity index (χ0n) is 15.2. The summed E-state index contributed by atoms with van der Waals surface area (Å²) >= 11 is 0. The number of pyridine rings is 1. The summed E-state index contributed by atoms with van der Waals surface area (Å²) in [6, 6.07) is 3.05. The number of amides is 1. The second-order valence-corrected chi connectivity index (χ2v) is 7.20. The number of rotatable bonds is 7. The highest BCUT2D eigenvalue weighted by Gasteiger charge is 2.57. The highest BCUT2D eigenvalue weighted by Crippen LogP contribution is 2.48. The number of aromatic nitrogens is 1. The van der Waals surface area contributed by atoms with E-state index in [4.69, 9.17) is 5.11 Å². The molecule has 0 unspecified atom stereocenters. The smallest absolute Gasteiger partial charge is 0.324 e. The van der Waals surface area contributed by atoms with Crippen LogP contribution in [0.2, 0.25) is 0 Å². The van der Waals surface area contributed by atoms with Gasteiger partial charge in [0, 0.05) is 18.4 Å². The molecule has 0 aliphatic carbocycles. The van der Waals surface area contributed by atoms with Gasteiger partial charge in [0.25, 0.3) is 0 Å². The molecule has 0 radical (unpaired) electrons. The van der Waals surface area contributed by atoms with Crippen molar-refractivity contribution in [2.24, 2.45) is 11.8 Å². The van der Waals surface area contributed by atoms with Crippen molar-refractivity contribution >= 4 is 17.8 Å². The molecule has 0 bridgehead atoms.